The average molecular weight is 274 g/mol. The zero-order valence-corrected chi connectivity index (χ0v) is 11.9. The second-order valence-corrected chi connectivity index (χ2v) is 4.43. The summed E-state index contributed by atoms with van der Waals surface area (Å²) in [6.45, 7) is 9.57. The first-order valence-corrected chi connectivity index (χ1v) is 6.60. The van der Waals surface area contributed by atoms with E-state index in [2.05, 4.69) is 29.2 Å². The topological polar surface area (TPSA) is 58.4 Å². The van der Waals surface area contributed by atoms with Crippen LogP contribution < -0.4 is 5.32 Å². The Hall–Kier alpha value is -1.07. The van der Waals surface area contributed by atoms with Crippen molar-refractivity contribution in [1.82, 2.24) is 15.4 Å². The molecule has 0 unspecified atom stereocenters. The quantitative estimate of drug-likeness (QED) is 0.773. The van der Waals surface area contributed by atoms with Crippen LogP contribution in [-0.4, -0.2) is 42.1 Å². The summed E-state index contributed by atoms with van der Waals surface area (Å²) in [6, 6.07) is 0. The van der Waals surface area contributed by atoms with Gasteiger partial charge in [-0.3, -0.25) is 4.79 Å². The summed E-state index contributed by atoms with van der Waals surface area (Å²) < 4.78 is 4.87. The Kier molecular flexibility index (Phi) is 6.15. The number of hydrogen-bond donors (Lipinski definition) is 1. The van der Waals surface area contributed by atoms with Crippen LogP contribution in [-0.2, 0) is 0 Å². The Morgan fingerprint density at radius 3 is 2.61 bits per heavy atom. The number of halogens is 1. The van der Waals surface area contributed by atoms with Gasteiger partial charge in [-0.15, -0.1) is 0 Å². The maximum Gasteiger partial charge on any atom is 0.291 e. The fourth-order valence-electron chi connectivity index (χ4n) is 1.62. The van der Waals surface area contributed by atoms with Crippen molar-refractivity contribution in [2.45, 2.75) is 27.2 Å². The number of nitrogens with zero attached hydrogens (tertiary/aromatic N) is 2. The standard InChI is InChI=1S/C12H20ClN3O2/c1-4-16(5-2)8-6-7-14-12(17)11-10(13)9(3)15-18-11/h4-8H2,1-3H3,(H,14,17). The van der Waals surface area contributed by atoms with Gasteiger partial charge in [0.1, 0.15) is 5.02 Å². The molecule has 1 N–H and O–H groups in total. The van der Waals surface area contributed by atoms with Gasteiger partial charge < -0.3 is 14.7 Å². The van der Waals surface area contributed by atoms with Gasteiger partial charge in [-0.1, -0.05) is 30.6 Å². The molecule has 0 saturated carbocycles. The van der Waals surface area contributed by atoms with Crippen LogP contribution >= 0.6 is 11.6 Å². The monoisotopic (exact) mass is 273 g/mol. The normalized spacial score (nSPS) is 10.9. The molecule has 0 aliphatic rings. The summed E-state index contributed by atoms with van der Waals surface area (Å²) in [7, 11) is 0. The predicted octanol–water partition coefficient (Wildman–Crippen LogP) is 2.10. The molecule has 0 spiro atoms. The molecule has 0 saturated heterocycles. The van der Waals surface area contributed by atoms with E-state index in [9.17, 15) is 4.79 Å². The van der Waals surface area contributed by atoms with Crippen molar-refractivity contribution in [3.63, 3.8) is 0 Å². The second kappa shape index (κ2) is 7.38. The van der Waals surface area contributed by atoms with Crippen molar-refractivity contribution in [3.05, 3.63) is 16.5 Å². The van der Waals surface area contributed by atoms with Gasteiger partial charge in [-0.2, -0.15) is 0 Å². The van der Waals surface area contributed by atoms with Gasteiger partial charge in [0, 0.05) is 6.54 Å². The van der Waals surface area contributed by atoms with Crippen molar-refractivity contribution in [2.75, 3.05) is 26.2 Å². The van der Waals surface area contributed by atoms with Crippen LogP contribution in [0.15, 0.2) is 4.52 Å². The summed E-state index contributed by atoms with van der Waals surface area (Å²) in [4.78, 5) is 14.0. The molecule has 0 aliphatic heterocycles. The molecule has 0 atom stereocenters. The summed E-state index contributed by atoms with van der Waals surface area (Å²) in [5.74, 6) is -0.211. The van der Waals surface area contributed by atoms with Crippen molar-refractivity contribution in [2.24, 2.45) is 0 Å². The molecule has 1 amide bonds. The van der Waals surface area contributed by atoms with Gasteiger partial charge in [0.25, 0.3) is 5.91 Å². The Morgan fingerprint density at radius 1 is 1.44 bits per heavy atom. The summed E-state index contributed by atoms with van der Waals surface area (Å²) >= 11 is 5.89. The summed E-state index contributed by atoms with van der Waals surface area (Å²) in [5.41, 5.74) is 0.532. The van der Waals surface area contributed by atoms with Crippen LogP contribution in [0.2, 0.25) is 5.02 Å². The van der Waals surface area contributed by atoms with Crippen molar-refractivity contribution in [3.8, 4) is 0 Å². The summed E-state index contributed by atoms with van der Waals surface area (Å²) in [5, 5.41) is 6.71. The first-order valence-electron chi connectivity index (χ1n) is 6.22. The Labute approximate surface area is 112 Å². The van der Waals surface area contributed by atoms with Gasteiger partial charge in [-0.05, 0) is 33.0 Å². The van der Waals surface area contributed by atoms with Gasteiger partial charge in [-0.25, -0.2) is 0 Å². The van der Waals surface area contributed by atoms with Crippen molar-refractivity contribution >= 4 is 17.5 Å². The fourth-order valence-corrected chi connectivity index (χ4v) is 1.78. The van der Waals surface area contributed by atoms with E-state index in [4.69, 9.17) is 16.1 Å². The Bertz CT molecular complexity index is 389. The molecule has 0 bridgehead atoms. The highest BCUT2D eigenvalue weighted by Gasteiger charge is 2.17. The third kappa shape index (κ3) is 3.99. The molecule has 102 valence electrons. The molecule has 6 heteroatoms. The van der Waals surface area contributed by atoms with Crippen LogP contribution in [0.25, 0.3) is 0 Å². The minimum atomic E-state index is -0.305. The second-order valence-electron chi connectivity index (χ2n) is 4.05. The molecule has 0 aliphatic carbocycles. The van der Waals surface area contributed by atoms with Crippen LogP contribution in [0, 0.1) is 6.92 Å². The lowest BCUT2D eigenvalue weighted by Crippen LogP contribution is -2.29. The minimum Gasteiger partial charge on any atom is -0.349 e. The predicted molar refractivity (Wildman–Crippen MR) is 71.0 cm³/mol. The molecular weight excluding hydrogens is 254 g/mol. The van der Waals surface area contributed by atoms with Gasteiger partial charge in [0.15, 0.2) is 0 Å². The van der Waals surface area contributed by atoms with Crippen LogP contribution in [0.3, 0.4) is 0 Å². The average Bonchev–Trinajstić information content (AvgIpc) is 2.70. The molecule has 1 rings (SSSR count). The van der Waals surface area contributed by atoms with E-state index in [0.29, 0.717) is 12.2 Å². The number of aryl methyl sites for hydroxylation is 1. The number of aromatic nitrogens is 1. The zero-order valence-electron chi connectivity index (χ0n) is 11.1. The maximum atomic E-state index is 11.7. The number of nitrogens with one attached hydrogen (secondary N) is 1. The lowest BCUT2D eigenvalue weighted by atomic mass is 10.3. The minimum absolute atomic E-state index is 0.0944. The molecule has 1 aromatic rings. The number of carbonyl (C=O) groups is 1. The first-order chi connectivity index (χ1) is 8.60. The maximum absolute atomic E-state index is 11.7. The lowest BCUT2D eigenvalue weighted by Gasteiger charge is -2.17. The van der Waals surface area contributed by atoms with E-state index in [-0.39, 0.29) is 16.7 Å². The Morgan fingerprint density at radius 2 is 2.11 bits per heavy atom. The molecule has 5 nitrogen and oxygen atoms in total. The number of carbonyl (C=O) groups excluding carboxylic acids is 1. The molecule has 1 heterocycles. The van der Waals surface area contributed by atoms with E-state index in [1.54, 1.807) is 6.92 Å². The highest BCUT2D eigenvalue weighted by molar-refractivity contribution is 6.33. The van der Waals surface area contributed by atoms with E-state index in [0.717, 1.165) is 26.1 Å². The molecule has 0 radical (unpaired) electrons. The van der Waals surface area contributed by atoms with E-state index >= 15 is 0 Å². The third-order valence-corrected chi connectivity index (χ3v) is 3.27. The van der Waals surface area contributed by atoms with Gasteiger partial charge >= 0.3 is 0 Å². The number of rotatable bonds is 7. The van der Waals surface area contributed by atoms with Gasteiger partial charge in [0.05, 0.1) is 5.69 Å². The van der Waals surface area contributed by atoms with Crippen molar-refractivity contribution < 1.29 is 9.32 Å². The molecule has 0 fully saturated rings. The zero-order chi connectivity index (χ0) is 13.5. The third-order valence-electron chi connectivity index (χ3n) is 2.83. The number of amides is 1. The smallest absolute Gasteiger partial charge is 0.291 e. The van der Waals surface area contributed by atoms with E-state index in [1.165, 1.54) is 0 Å². The highest BCUT2D eigenvalue weighted by atomic mass is 35.5. The van der Waals surface area contributed by atoms with Crippen LogP contribution in [0.1, 0.15) is 36.5 Å². The fraction of sp³-hybridized carbons (Fsp3) is 0.667. The number of hydrogen-bond acceptors (Lipinski definition) is 4. The molecule has 0 aromatic carbocycles. The summed E-state index contributed by atoms with van der Waals surface area (Å²) in [6.07, 6.45) is 0.901. The van der Waals surface area contributed by atoms with Gasteiger partial charge in [0.2, 0.25) is 5.76 Å². The van der Waals surface area contributed by atoms with E-state index < -0.39 is 0 Å². The SMILES string of the molecule is CCN(CC)CCCNC(=O)c1onc(C)c1Cl. The molecular formula is C12H20ClN3O2. The van der Waals surface area contributed by atoms with E-state index in [1.807, 2.05) is 0 Å². The molecule has 1 aromatic heterocycles. The van der Waals surface area contributed by atoms with Crippen LogP contribution in [0.5, 0.6) is 0 Å². The van der Waals surface area contributed by atoms with Crippen LogP contribution in [0.4, 0.5) is 0 Å². The largest absolute Gasteiger partial charge is 0.349 e. The van der Waals surface area contributed by atoms with Crippen molar-refractivity contribution in [1.29, 1.82) is 0 Å². The Balaban J connectivity index is 2.32. The highest BCUT2D eigenvalue weighted by Crippen LogP contribution is 2.19. The molecule has 18 heavy (non-hydrogen) atoms. The lowest BCUT2D eigenvalue weighted by molar-refractivity contribution is 0.0915. The first kappa shape index (κ1) is 15.0.